The van der Waals surface area contributed by atoms with E-state index in [4.69, 9.17) is 4.74 Å². The maximum atomic E-state index is 5.41. The van der Waals surface area contributed by atoms with Crippen molar-refractivity contribution in [2.75, 3.05) is 6.61 Å². The van der Waals surface area contributed by atoms with Gasteiger partial charge in [0, 0.05) is 6.42 Å². The fourth-order valence-electron chi connectivity index (χ4n) is 1.32. The van der Waals surface area contributed by atoms with Crippen LogP contribution in [0.25, 0.3) is 0 Å². The summed E-state index contributed by atoms with van der Waals surface area (Å²) in [5.41, 5.74) is 1.38. The van der Waals surface area contributed by atoms with E-state index in [1.54, 1.807) is 0 Å². The van der Waals surface area contributed by atoms with E-state index < -0.39 is 0 Å². The van der Waals surface area contributed by atoms with E-state index in [-0.39, 0.29) is 0 Å². The molecule has 0 N–H and O–H groups in total. The molecule has 0 aromatic heterocycles. The summed E-state index contributed by atoms with van der Waals surface area (Å²) in [6.07, 6.45) is 5.40. The lowest BCUT2D eigenvalue weighted by molar-refractivity contribution is 0.265. The van der Waals surface area contributed by atoms with Gasteiger partial charge >= 0.3 is 0 Å². The molecule has 1 fully saturated rings. The molecule has 0 aromatic rings. The third-order valence-electron chi connectivity index (χ3n) is 1.74. The van der Waals surface area contributed by atoms with Crippen LogP contribution in [0.1, 0.15) is 27.2 Å². The lowest BCUT2D eigenvalue weighted by atomic mass is 10.1. The van der Waals surface area contributed by atoms with Gasteiger partial charge in [-0.1, -0.05) is 19.9 Å². The summed E-state index contributed by atoms with van der Waals surface area (Å²) in [5, 5.41) is 0. The van der Waals surface area contributed by atoms with Crippen LogP contribution in [0.3, 0.4) is 0 Å². The van der Waals surface area contributed by atoms with E-state index in [1.165, 1.54) is 5.57 Å². The van der Waals surface area contributed by atoms with Crippen LogP contribution in [0.4, 0.5) is 0 Å². The van der Waals surface area contributed by atoms with Crippen molar-refractivity contribution in [3.05, 3.63) is 23.5 Å². The molecule has 1 saturated heterocycles. The molecular weight excluding hydrogens is 136 g/mol. The zero-order valence-corrected chi connectivity index (χ0v) is 7.55. The molecule has 0 spiro atoms. The first kappa shape index (κ1) is 8.38. The molecule has 0 unspecified atom stereocenters. The first-order valence-electron chi connectivity index (χ1n) is 4.24. The summed E-state index contributed by atoms with van der Waals surface area (Å²) in [6.45, 7) is 7.27. The largest absolute Gasteiger partial charge is 0.493 e. The highest BCUT2D eigenvalue weighted by atomic mass is 16.5. The van der Waals surface area contributed by atoms with Gasteiger partial charge in [-0.15, -0.1) is 0 Å². The normalized spacial score (nSPS) is 25.1. The van der Waals surface area contributed by atoms with Crippen LogP contribution in [0.2, 0.25) is 0 Å². The molecule has 62 valence electrons. The molecule has 1 nitrogen and oxygen atoms in total. The number of allylic oxidation sites excluding steroid dienone is 3. The zero-order chi connectivity index (χ0) is 8.27. The second kappa shape index (κ2) is 3.61. The third-order valence-corrected chi connectivity index (χ3v) is 1.74. The summed E-state index contributed by atoms with van der Waals surface area (Å²) in [6, 6.07) is 0. The van der Waals surface area contributed by atoms with Crippen LogP contribution in [0, 0.1) is 5.92 Å². The van der Waals surface area contributed by atoms with Gasteiger partial charge in [-0.05, 0) is 24.5 Å². The van der Waals surface area contributed by atoms with Crippen molar-refractivity contribution in [1.82, 2.24) is 0 Å². The van der Waals surface area contributed by atoms with Crippen molar-refractivity contribution in [2.24, 2.45) is 5.92 Å². The van der Waals surface area contributed by atoms with Crippen LogP contribution >= 0.6 is 0 Å². The molecule has 1 rings (SSSR count). The molecule has 1 heteroatoms. The molecule has 1 aliphatic heterocycles. The number of ether oxygens (including phenoxy) is 1. The predicted octanol–water partition coefficient (Wildman–Crippen LogP) is 2.89. The van der Waals surface area contributed by atoms with E-state index in [0.717, 1.165) is 18.8 Å². The molecule has 0 saturated carbocycles. The summed E-state index contributed by atoms with van der Waals surface area (Å²) >= 11 is 0. The lowest BCUT2D eigenvalue weighted by Gasteiger charge is -2.00. The maximum absolute atomic E-state index is 5.41. The summed E-state index contributed by atoms with van der Waals surface area (Å²) in [5.74, 6) is 1.71. The first-order valence-corrected chi connectivity index (χ1v) is 4.24. The molecule has 11 heavy (non-hydrogen) atoms. The van der Waals surface area contributed by atoms with Crippen LogP contribution < -0.4 is 0 Å². The van der Waals surface area contributed by atoms with Gasteiger partial charge in [-0.25, -0.2) is 0 Å². The van der Waals surface area contributed by atoms with Gasteiger partial charge in [0.25, 0.3) is 0 Å². The Morgan fingerprint density at radius 3 is 2.73 bits per heavy atom. The van der Waals surface area contributed by atoms with Crippen LogP contribution in [0.15, 0.2) is 23.5 Å². The average Bonchev–Trinajstić information content (AvgIpc) is 2.34. The summed E-state index contributed by atoms with van der Waals surface area (Å²) in [7, 11) is 0. The average molecular weight is 152 g/mol. The molecule has 0 bridgehead atoms. The van der Waals surface area contributed by atoms with Gasteiger partial charge in [-0.2, -0.15) is 0 Å². The molecular formula is C10H16O. The molecule has 0 atom stereocenters. The quantitative estimate of drug-likeness (QED) is 0.561. The maximum Gasteiger partial charge on any atom is 0.118 e. The van der Waals surface area contributed by atoms with E-state index in [0.29, 0.717) is 5.92 Å². The van der Waals surface area contributed by atoms with E-state index >= 15 is 0 Å². The third kappa shape index (κ3) is 2.11. The highest BCUT2D eigenvalue weighted by Gasteiger charge is 2.13. The smallest absolute Gasteiger partial charge is 0.118 e. The monoisotopic (exact) mass is 152 g/mol. The van der Waals surface area contributed by atoms with Crippen molar-refractivity contribution in [1.29, 1.82) is 0 Å². The first-order chi connectivity index (χ1) is 5.24. The Bertz CT molecular complexity index is 187. The van der Waals surface area contributed by atoms with Gasteiger partial charge in [0.15, 0.2) is 0 Å². The molecule has 1 heterocycles. The van der Waals surface area contributed by atoms with Crippen molar-refractivity contribution < 1.29 is 4.74 Å². The van der Waals surface area contributed by atoms with Crippen LogP contribution in [-0.2, 0) is 4.74 Å². The zero-order valence-electron chi connectivity index (χ0n) is 7.55. The van der Waals surface area contributed by atoms with Crippen molar-refractivity contribution in [3.63, 3.8) is 0 Å². The Hall–Kier alpha value is -0.720. The lowest BCUT2D eigenvalue weighted by Crippen LogP contribution is -1.85. The van der Waals surface area contributed by atoms with E-state index in [2.05, 4.69) is 19.9 Å². The van der Waals surface area contributed by atoms with Crippen molar-refractivity contribution in [2.45, 2.75) is 27.2 Å². The van der Waals surface area contributed by atoms with Crippen molar-refractivity contribution >= 4 is 0 Å². The minimum absolute atomic E-state index is 0.627. The Kier molecular flexibility index (Phi) is 2.75. The molecule has 0 aromatic carbocycles. The van der Waals surface area contributed by atoms with Crippen molar-refractivity contribution in [3.8, 4) is 0 Å². The fourth-order valence-corrected chi connectivity index (χ4v) is 1.32. The van der Waals surface area contributed by atoms with Crippen LogP contribution in [0.5, 0.6) is 0 Å². The number of rotatable bonds is 1. The summed E-state index contributed by atoms with van der Waals surface area (Å²) in [4.78, 5) is 0. The topological polar surface area (TPSA) is 9.23 Å². The minimum atomic E-state index is 0.627. The van der Waals surface area contributed by atoms with Gasteiger partial charge in [0.05, 0.1) is 6.61 Å². The van der Waals surface area contributed by atoms with E-state index in [9.17, 15) is 0 Å². The van der Waals surface area contributed by atoms with E-state index in [1.807, 2.05) is 13.0 Å². The number of hydrogen-bond donors (Lipinski definition) is 0. The molecule has 0 amide bonds. The predicted molar refractivity (Wildman–Crippen MR) is 47.2 cm³/mol. The molecule has 0 radical (unpaired) electrons. The fraction of sp³-hybridized carbons (Fsp3) is 0.600. The van der Waals surface area contributed by atoms with Gasteiger partial charge in [-0.3, -0.25) is 0 Å². The standard InChI is InChI=1S/C10H16O/c1-4-10-9(5-6-11-10)7-8(2)3/h4,7-8H,5-6H2,1-3H3/b9-7-,10-4+. The highest BCUT2D eigenvalue weighted by molar-refractivity contribution is 5.28. The second-order valence-corrected chi connectivity index (χ2v) is 3.19. The van der Waals surface area contributed by atoms with Gasteiger partial charge in [0.2, 0.25) is 0 Å². The summed E-state index contributed by atoms with van der Waals surface area (Å²) < 4.78 is 5.41. The Morgan fingerprint density at radius 2 is 2.18 bits per heavy atom. The second-order valence-electron chi connectivity index (χ2n) is 3.19. The Balaban J connectivity index is 2.71. The minimum Gasteiger partial charge on any atom is -0.493 e. The number of hydrogen-bond acceptors (Lipinski definition) is 1. The SMILES string of the molecule is C/C=C1/OCC/C1=C/C(C)C. The Labute approximate surface area is 68.8 Å². The van der Waals surface area contributed by atoms with Gasteiger partial charge in [0.1, 0.15) is 5.76 Å². The molecule has 0 aliphatic carbocycles. The van der Waals surface area contributed by atoms with Crippen LogP contribution in [-0.4, -0.2) is 6.61 Å². The highest BCUT2D eigenvalue weighted by Crippen LogP contribution is 2.24. The molecule has 1 aliphatic rings. The van der Waals surface area contributed by atoms with Gasteiger partial charge < -0.3 is 4.74 Å². The Morgan fingerprint density at radius 1 is 1.45 bits per heavy atom.